The molecule has 0 spiro atoms. The molecule has 2 heterocycles. The molecule has 0 saturated carbocycles. The van der Waals surface area contributed by atoms with Crippen molar-refractivity contribution in [1.29, 1.82) is 0 Å². The van der Waals surface area contributed by atoms with Gasteiger partial charge in [-0.25, -0.2) is 23.3 Å². The topological polar surface area (TPSA) is 139 Å². The van der Waals surface area contributed by atoms with Gasteiger partial charge in [0, 0.05) is 23.2 Å². The Morgan fingerprint density at radius 2 is 2.17 bits per heavy atom. The number of ether oxygens (including phenoxy) is 1. The zero-order valence-electron chi connectivity index (χ0n) is 15.9. The van der Waals surface area contributed by atoms with E-state index in [1.165, 1.54) is 29.5 Å². The van der Waals surface area contributed by atoms with Crippen molar-refractivity contribution < 1.29 is 17.6 Å². The summed E-state index contributed by atoms with van der Waals surface area (Å²) in [5.74, 6) is 0. The monoisotopic (exact) mass is 445 g/mol. The second-order valence-electron chi connectivity index (χ2n) is 6.86. The molecule has 2 atom stereocenters. The van der Waals surface area contributed by atoms with Crippen molar-refractivity contribution in [3.63, 3.8) is 0 Å². The van der Waals surface area contributed by atoms with Gasteiger partial charge >= 0.3 is 5.63 Å². The SMILES string of the molecule is Cc1c(C(N)c2cccc(S(N)(=O)=O)c2)c(=O)oc2c1=CCC(Oc1nccs1)C=2. The molecule has 4 N–H and O–H groups in total. The number of primary sulfonamides is 1. The number of hydrogen-bond donors (Lipinski definition) is 2. The predicted octanol–water partition coefficient (Wildman–Crippen LogP) is 0.513. The highest BCUT2D eigenvalue weighted by Crippen LogP contribution is 2.22. The molecule has 1 aromatic carbocycles. The standard InChI is InChI=1S/C20H19N3O5S2/c1-11-15-6-5-13(27-20-23-7-8-29-20)10-16(15)28-19(24)17(11)18(21)12-3-2-4-14(9-12)30(22,25)26/h2-4,6-10,13,18H,5,21H2,1H3,(H2,22,25,26). The molecular weight excluding hydrogens is 426 g/mol. The Kier molecular flexibility index (Phi) is 5.33. The number of nitrogens with zero attached hydrogens (tertiary/aromatic N) is 1. The maximum atomic E-state index is 12.8. The highest BCUT2D eigenvalue weighted by molar-refractivity contribution is 7.89. The smallest absolute Gasteiger partial charge is 0.341 e. The quantitative estimate of drug-likeness (QED) is 0.583. The first-order valence-electron chi connectivity index (χ1n) is 9.04. The van der Waals surface area contributed by atoms with E-state index < -0.39 is 21.7 Å². The van der Waals surface area contributed by atoms with Gasteiger partial charge in [-0.1, -0.05) is 29.5 Å². The number of sulfonamides is 1. The van der Waals surface area contributed by atoms with Gasteiger partial charge in [0.05, 0.1) is 16.5 Å². The first kappa shape index (κ1) is 20.5. The average Bonchev–Trinajstić information content (AvgIpc) is 3.20. The van der Waals surface area contributed by atoms with Crippen molar-refractivity contribution >= 4 is 33.5 Å². The molecule has 0 fully saturated rings. The Morgan fingerprint density at radius 1 is 1.37 bits per heavy atom. The lowest BCUT2D eigenvalue weighted by Crippen LogP contribution is -2.40. The molecule has 0 saturated heterocycles. The summed E-state index contributed by atoms with van der Waals surface area (Å²) in [6, 6.07) is 5.05. The van der Waals surface area contributed by atoms with Crippen LogP contribution in [0, 0.1) is 6.92 Å². The van der Waals surface area contributed by atoms with Gasteiger partial charge in [-0.3, -0.25) is 0 Å². The van der Waals surface area contributed by atoms with Crippen molar-refractivity contribution in [2.45, 2.75) is 30.4 Å². The zero-order chi connectivity index (χ0) is 21.5. The Balaban J connectivity index is 1.75. The third-order valence-electron chi connectivity index (χ3n) is 4.91. The number of rotatable bonds is 5. The van der Waals surface area contributed by atoms with Crippen LogP contribution in [0.4, 0.5) is 0 Å². The molecule has 2 aromatic heterocycles. The van der Waals surface area contributed by atoms with Gasteiger partial charge in [-0.2, -0.15) is 0 Å². The third kappa shape index (κ3) is 3.94. The summed E-state index contributed by atoms with van der Waals surface area (Å²) in [7, 11) is -3.89. The molecule has 2 unspecified atom stereocenters. The average molecular weight is 446 g/mol. The van der Waals surface area contributed by atoms with E-state index in [4.69, 9.17) is 20.0 Å². The van der Waals surface area contributed by atoms with E-state index in [1.807, 2.05) is 11.5 Å². The number of hydrogen-bond acceptors (Lipinski definition) is 8. The lowest BCUT2D eigenvalue weighted by molar-refractivity contribution is 0.265. The second kappa shape index (κ2) is 7.80. The minimum Gasteiger partial charge on any atom is -0.462 e. The number of fused-ring (bicyclic) bond motifs is 1. The van der Waals surface area contributed by atoms with Gasteiger partial charge in [-0.15, -0.1) is 0 Å². The van der Waals surface area contributed by atoms with Crippen LogP contribution in [0.15, 0.2) is 49.9 Å². The minimum absolute atomic E-state index is 0.0717. The molecule has 1 aliphatic rings. The van der Waals surface area contributed by atoms with Gasteiger partial charge in [0.2, 0.25) is 10.0 Å². The van der Waals surface area contributed by atoms with E-state index in [0.29, 0.717) is 28.2 Å². The molecule has 0 aliphatic heterocycles. The molecule has 10 heteroatoms. The third-order valence-corrected chi connectivity index (χ3v) is 6.48. The molecule has 1 aliphatic carbocycles. The van der Waals surface area contributed by atoms with Crippen molar-refractivity contribution in [2.75, 3.05) is 0 Å². The Bertz CT molecular complexity index is 1380. The van der Waals surface area contributed by atoms with Crippen LogP contribution in [0.2, 0.25) is 0 Å². The molecule has 156 valence electrons. The van der Waals surface area contributed by atoms with Crippen LogP contribution in [0.5, 0.6) is 5.19 Å². The van der Waals surface area contributed by atoms with Crippen LogP contribution >= 0.6 is 11.3 Å². The zero-order valence-corrected chi connectivity index (χ0v) is 17.6. The van der Waals surface area contributed by atoms with Crippen LogP contribution in [0.3, 0.4) is 0 Å². The molecule has 4 rings (SSSR count). The van der Waals surface area contributed by atoms with Crippen molar-refractivity contribution in [2.24, 2.45) is 10.9 Å². The first-order chi connectivity index (χ1) is 14.2. The maximum Gasteiger partial charge on any atom is 0.341 e. The lowest BCUT2D eigenvalue weighted by Gasteiger charge is -2.18. The molecule has 30 heavy (non-hydrogen) atoms. The number of aromatic nitrogens is 1. The normalized spacial score (nSPS) is 16.8. The van der Waals surface area contributed by atoms with E-state index in [-0.39, 0.29) is 16.6 Å². The van der Waals surface area contributed by atoms with Gasteiger partial charge in [-0.05, 0) is 36.3 Å². The molecule has 0 radical (unpaired) electrons. The van der Waals surface area contributed by atoms with E-state index >= 15 is 0 Å². The largest absolute Gasteiger partial charge is 0.462 e. The summed E-state index contributed by atoms with van der Waals surface area (Å²) in [5, 5.41) is 8.33. The summed E-state index contributed by atoms with van der Waals surface area (Å²) >= 11 is 1.38. The fourth-order valence-electron chi connectivity index (χ4n) is 3.43. The van der Waals surface area contributed by atoms with Crippen molar-refractivity contribution in [3.05, 3.63) is 73.6 Å². The fraction of sp³-hybridized carbons (Fsp3) is 0.200. The lowest BCUT2D eigenvalue weighted by atomic mass is 9.95. The summed E-state index contributed by atoms with van der Waals surface area (Å²) in [6.07, 6.45) is 5.63. The van der Waals surface area contributed by atoms with Crippen LogP contribution in [-0.4, -0.2) is 19.5 Å². The second-order valence-corrected chi connectivity index (χ2v) is 9.28. The first-order valence-corrected chi connectivity index (χ1v) is 11.5. The number of thiazole rings is 1. The highest BCUT2D eigenvalue weighted by Gasteiger charge is 2.22. The number of nitrogens with two attached hydrogens (primary N) is 2. The van der Waals surface area contributed by atoms with Crippen LogP contribution in [0.1, 0.15) is 29.2 Å². The van der Waals surface area contributed by atoms with Crippen LogP contribution in [0.25, 0.3) is 12.2 Å². The summed E-state index contributed by atoms with van der Waals surface area (Å²) in [4.78, 5) is 16.8. The van der Waals surface area contributed by atoms with Crippen molar-refractivity contribution in [3.8, 4) is 5.19 Å². The maximum absolute atomic E-state index is 12.8. The molecule has 0 amide bonds. The predicted molar refractivity (Wildman–Crippen MR) is 113 cm³/mol. The molecule has 3 aromatic rings. The fourth-order valence-corrected chi connectivity index (χ4v) is 4.54. The van der Waals surface area contributed by atoms with E-state index in [9.17, 15) is 13.2 Å². The van der Waals surface area contributed by atoms with Crippen LogP contribution in [-0.2, 0) is 10.0 Å². The van der Waals surface area contributed by atoms with Gasteiger partial charge in [0.15, 0.2) is 0 Å². The summed E-state index contributed by atoms with van der Waals surface area (Å²) in [5.41, 5.74) is 7.56. The van der Waals surface area contributed by atoms with Gasteiger partial charge in [0.25, 0.3) is 5.19 Å². The van der Waals surface area contributed by atoms with E-state index in [0.717, 1.165) is 5.22 Å². The van der Waals surface area contributed by atoms with E-state index in [1.54, 1.807) is 25.3 Å². The van der Waals surface area contributed by atoms with Crippen LogP contribution < -0.4 is 31.9 Å². The molecular formula is C20H19N3O5S2. The summed E-state index contributed by atoms with van der Waals surface area (Å²) < 4.78 is 34.6. The van der Waals surface area contributed by atoms with E-state index in [2.05, 4.69) is 4.98 Å². The molecule has 0 bridgehead atoms. The minimum atomic E-state index is -3.89. The number of benzene rings is 1. The summed E-state index contributed by atoms with van der Waals surface area (Å²) in [6.45, 7) is 1.79. The Labute approximate surface area is 176 Å². The Hall–Kier alpha value is -2.79. The van der Waals surface area contributed by atoms with Gasteiger partial charge < -0.3 is 14.9 Å². The van der Waals surface area contributed by atoms with Crippen molar-refractivity contribution in [1.82, 2.24) is 4.98 Å². The highest BCUT2D eigenvalue weighted by atomic mass is 32.2. The van der Waals surface area contributed by atoms with Gasteiger partial charge in [0.1, 0.15) is 11.5 Å². The Morgan fingerprint density at radius 3 is 2.87 bits per heavy atom. The molecule has 8 nitrogen and oxygen atoms in total.